The monoisotopic (exact) mass is 154 g/mol. The van der Waals surface area contributed by atoms with Crippen LogP contribution in [-0.2, 0) is 6.54 Å². The standard InChI is InChI=1S/C7H10N2S/c1-3-5-9-6-4-8-7(9)10-2/h3-4,6H,1,5H2,2H3. The van der Waals surface area contributed by atoms with E-state index < -0.39 is 0 Å². The lowest BCUT2D eigenvalue weighted by Gasteiger charge is -1.99. The Balaban J connectivity index is 2.79. The van der Waals surface area contributed by atoms with E-state index >= 15 is 0 Å². The lowest BCUT2D eigenvalue weighted by Crippen LogP contribution is -1.94. The third kappa shape index (κ3) is 1.42. The van der Waals surface area contributed by atoms with Crippen LogP contribution in [0.5, 0.6) is 0 Å². The van der Waals surface area contributed by atoms with Gasteiger partial charge >= 0.3 is 0 Å². The van der Waals surface area contributed by atoms with Gasteiger partial charge in [0.1, 0.15) is 0 Å². The molecule has 0 amide bonds. The van der Waals surface area contributed by atoms with Crippen molar-refractivity contribution in [3.8, 4) is 0 Å². The minimum absolute atomic E-state index is 0.843. The molecule has 3 heteroatoms. The summed E-state index contributed by atoms with van der Waals surface area (Å²) in [4.78, 5) is 4.13. The number of rotatable bonds is 3. The third-order valence-electron chi connectivity index (χ3n) is 1.19. The van der Waals surface area contributed by atoms with Gasteiger partial charge in [-0.2, -0.15) is 0 Å². The Morgan fingerprint density at radius 2 is 2.70 bits per heavy atom. The predicted molar refractivity (Wildman–Crippen MR) is 44.2 cm³/mol. The average Bonchev–Trinajstić information content (AvgIpc) is 2.36. The summed E-state index contributed by atoms with van der Waals surface area (Å²) < 4.78 is 2.05. The summed E-state index contributed by atoms with van der Waals surface area (Å²) in [5.41, 5.74) is 0. The van der Waals surface area contributed by atoms with Gasteiger partial charge < -0.3 is 4.57 Å². The molecule has 1 aromatic rings. The van der Waals surface area contributed by atoms with Gasteiger partial charge in [-0.25, -0.2) is 4.98 Å². The van der Waals surface area contributed by atoms with Crippen molar-refractivity contribution in [1.29, 1.82) is 0 Å². The zero-order valence-corrected chi connectivity index (χ0v) is 6.77. The number of thioether (sulfide) groups is 1. The molecule has 0 spiro atoms. The minimum atomic E-state index is 0.843. The molecule has 0 radical (unpaired) electrons. The number of hydrogen-bond donors (Lipinski definition) is 0. The van der Waals surface area contributed by atoms with Crippen molar-refractivity contribution >= 4 is 11.8 Å². The highest BCUT2D eigenvalue weighted by Crippen LogP contribution is 2.10. The summed E-state index contributed by atoms with van der Waals surface area (Å²) in [5.74, 6) is 0. The van der Waals surface area contributed by atoms with E-state index in [1.165, 1.54) is 0 Å². The molecule has 10 heavy (non-hydrogen) atoms. The minimum Gasteiger partial charge on any atom is -0.322 e. The summed E-state index contributed by atoms with van der Waals surface area (Å²) in [6.07, 6.45) is 7.63. The summed E-state index contributed by atoms with van der Waals surface area (Å²) >= 11 is 1.65. The molecule has 1 heterocycles. The molecule has 0 atom stereocenters. The van der Waals surface area contributed by atoms with Gasteiger partial charge in [-0.05, 0) is 6.26 Å². The Labute approximate surface area is 65.0 Å². The molecule has 0 aliphatic carbocycles. The fraction of sp³-hybridized carbons (Fsp3) is 0.286. The van der Waals surface area contributed by atoms with Crippen LogP contribution in [0.15, 0.2) is 30.2 Å². The Bertz CT molecular complexity index is 217. The van der Waals surface area contributed by atoms with Crippen LogP contribution in [-0.4, -0.2) is 15.8 Å². The molecule has 1 rings (SSSR count). The Hall–Kier alpha value is -0.700. The highest BCUT2D eigenvalue weighted by Gasteiger charge is 1.95. The summed E-state index contributed by atoms with van der Waals surface area (Å²) in [6, 6.07) is 0. The molecule has 0 saturated carbocycles. The molecular formula is C7H10N2S. The average molecular weight is 154 g/mol. The first-order valence-electron chi connectivity index (χ1n) is 3.04. The van der Waals surface area contributed by atoms with Crippen LogP contribution in [0.25, 0.3) is 0 Å². The summed E-state index contributed by atoms with van der Waals surface area (Å²) in [7, 11) is 0. The first-order valence-corrected chi connectivity index (χ1v) is 4.27. The summed E-state index contributed by atoms with van der Waals surface area (Å²) in [5, 5.41) is 1.04. The maximum absolute atomic E-state index is 4.13. The van der Waals surface area contributed by atoms with Crippen LogP contribution in [0.4, 0.5) is 0 Å². The number of nitrogens with zero attached hydrogens (tertiary/aromatic N) is 2. The second-order valence-corrected chi connectivity index (χ2v) is 2.63. The van der Waals surface area contributed by atoms with Crippen LogP contribution >= 0.6 is 11.8 Å². The lowest BCUT2D eigenvalue weighted by atomic mass is 10.6. The molecule has 1 aromatic heterocycles. The lowest BCUT2D eigenvalue weighted by molar-refractivity contribution is 0.726. The second kappa shape index (κ2) is 3.46. The molecule has 0 bridgehead atoms. The van der Waals surface area contributed by atoms with E-state index in [0.717, 1.165) is 11.7 Å². The van der Waals surface area contributed by atoms with Crippen molar-refractivity contribution in [2.24, 2.45) is 0 Å². The highest BCUT2D eigenvalue weighted by molar-refractivity contribution is 7.98. The fourth-order valence-electron chi connectivity index (χ4n) is 0.763. The van der Waals surface area contributed by atoms with Crippen molar-refractivity contribution in [2.45, 2.75) is 11.7 Å². The maximum atomic E-state index is 4.13. The van der Waals surface area contributed by atoms with Crippen LogP contribution in [0, 0.1) is 0 Å². The van der Waals surface area contributed by atoms with E-state index in [4.69, 9.17) is 0 Å². The van der Waals surface area contributed by atoms with Crippen molar-refractivity contribution in [3.63, 3.8) is 0 Å². The van der Waals surface area contributed by atoms with Gasteiger partial charge in [0.25, 0.3) is 0 Å². The van der Waals surface area contributed by atoms with Crippen LogP contribution in [0.2, 0.25) is 0 Å². The summed E-state index contributed by atoms with van der Waals surface area (Å²) in [6.45, 7) is 4.50. The van der Waals surface area contributed by atoms with Gasteiger partial charge in [0, 0.05) is 18.9 Å². The second-order valence-electron chi connectivity index (χ2n) is 1.85. The van der Waals surface area contributed by atoms with Gasteiger partial charge in [0.2, 0.25) is 0 Å². The fourth-order valence-corrected chi connectivity index (χ4v) is 1.30. The van der Waals surface area contributed by atoms with Gasteiger partial charge in [0.05, 0.1) is 0 Å². The van der Waals surface area contributed by atoms with Crippen molar-refractivity contribution in [3.05, 3.63) is 25.0 Å². The van der Waals surface area contributed by atoms with Gasteiger partial charge in [-0.3, -0.25) is 0 Å². The zero-order valence-electron chi connectivity index (χ0n) is 5.95. The topological polar surface area (TPSA) is 17.8 Å². The zero-order chi connectivity index (χ0) is 7.40. The molecule has 0 aliphatic heterocycles. The molecule has 2 nitrogen and oxygen atoms in total. The van der Waals surface area contributed by atoms with Crippen molar-refractivity contribution in [2.75, 3.05) is 6.26 Å². The molecule has 0 N–H and O–H groups in total. The number of allylic oxidation sites excluding steroid dienone is 1. The van der Waals surface area contributed by atoms with E-state index in [0.29, 0.717) is 0 Å². The smallest absolute Gasteiger partial charge is 0.167 e. The number of imidazole rings is 1. The van der Waals surface area contributed by atoms with Gasteiger partial charge in [-0.1, -0.05) is 17.8 Å². The van der Waals surface area contributed by atoms with E-state index in [1.807, 2.05) is 18.5 Å². The largest absolute Gasteiger partial charge is 0.322 e. The first-order chi connectivity index (χ1) is 4.88. The Morgan fingerprint density at radius 3 is 3.30 bits per heavy atom. The molecule has 0 unspecified atom stereocenters. The predicted octanol–water partition coefficient (Wildman–Crippen LogP) is 1.79. The van der Waals surface area contributed by atoms with E-state index in [2.05, 4.69) is 16.1 Å². The number of aromatic nitrogens is 2. The Morgan fingerprint density at radius 1 is 1.90 bits per heavy atom. The molecule has 0 fully saturated rings. The number of hydrogen-bond acceptors (Lipinski definition) is 2. The third-order valence-corrected chi connectivity index (χ3v) is 1.89. The van der Waals surface area contributed by atoms with E-state index in [1.54, 1.807) is 18.0 Å². The normalized spacial score (nSPS) is 9.70. The first kappa shape index (κ1) is 7.41. The Kier molecular flexibility index (Phi) is 2.57. The van der Waals surface area contributed by atoms with E-state index in [9.17, 15) is 0 Å². The molecule has 0 aliphatic rings. The molecule has 0 saturated heterocycles. The van der Waals surface area contributed by atoms with E-state index in [-0.39, 0.29) is 0 Å². The van der Waals surface area contributed by atoms with Gasteiger partial charge in [0.15, 0.2) is 5.16 Å². The molecular weight excluding hydrogens is 144 g/mol. The quantitative estimate of drug-likeness (QED) is 0.488. The van der Waals surface area contributed by atoms with Crippen molar-refractivity contribution in [1.82, 2.24) is 9.55 Å². The highest BCUT2D eigenvalue weighted by atomic mass is 32.2. The van der Waals surface area contributed by atoms with Crippen molar-refractivity contribution < 1.29 is 0 Å². The van der Waals surface area contributed by atoms with Gasteiger partial charge in [-0.15, -0.1) is 6.58 Å². The maximum Gasteiger partial charge on any atom is 0.167 e. The molecule has 54 valence electrons. The van der Waals surface area contributed by atoms with Crippen LogP contribution < -0.4 is 0 Å². The molecule has 0 aromatic carbocycles. The van der Waals surface area contributed by atoms with Crippen LogP contribution in [0.1, 0.15) is 0 Å². The van der Waals surface area contributed by atoms with Crippen LogP contribution in [0.3, 0.4) is 0 Å². The SMILES string of the molecule is C=CCn1ccnc1SC.